The molecule has 1 heterocycles. The molecule has 0 radical (unpaired) electrons. The molecule has 0 fully saturated rings. The molecule has 1 aliphatic heterocycles. The summed E-state index contributed by atoms with van der Waals surface area (Å²) in [6.07, 6.45) is 0.885. The van der Waals surface area contributed by atoms with Crippen molar-refractivity contribution in [2.45, 2.75) is 25.9 Å². The molecule has 4 heteroatoms. The summed E-state index contributed by atoms with van der Waals surface area (Å²) < 4.78 is 10.5. The first-order valence-corrected chi connectivity index (χ1v) is 5.63. The van der Waals surface area contributed by atoms with Crippen molar-refractivity contribution in [3.63, 3.8) is 0 Å². The van der Waals surface area contributed by atoms with Crippen LogP contribution in [0.2, 0.25) is 0 Å². The molecule has 0 aliphatic carbocycles. The van der Waals surface area contributed by atoms with Gasteiger partial charge in [0, 0.05) is 12.0 Å². The first-order chi connectivity index (χ1) is 8.02. The highest BCUT2D eigenvalue weighted by Crippen LogP contribution is 2.40. The van der Waals surface area contributed by atoms with Gasteiger partial charge in [0.2, 0.25) is 0 Å². The van der Waals surface area contributed by atoms with E-state index in [0.717, 1.165) is 17.9 Å². The molecule has 0 unspecified atom stereocenters. The number of hydrogen-bond donors (Lipinski definition) is 1. The van der Waals surface area contributed by atoms with Gasteiger partial charge in [0.25, 0.3) is 0 Å². The van der Waals surface area contributed by atoms with Crippen LogP contribution in [0.3, 0.4) is 0 Å². The number of hydrogen-bond acceptors (Lipinski definition) is 4. The molecule has 0 bridgehead atoms. The van der Waals surface area contributed by atoms with Gasteiger partial charge >= 0.3 is 5.97 Å². The molecule has 1 aromatic rings. The summed E-state index contributed by atoms with van der Waals surface area (Å²) in [7, 11) is 1.37. The van der Waals surface area contributed by atoms with Gasteiger partial charge < -0.3 is 14.8 Å². The highest BCUT2D eigenvalue weighted by Gasteiger charge is 2.31. The van der Waals surface area contributed by atoms with Crippen molar-refractivity contribution in [3.05, 3.63) is 23.8 Å². The molecule has 0 aromatic heterocycles. The zero-order valence-corrected chi connectivity index (χ0v) is 10.4. The van der Waals surface area contributed by atoms with E-state index in [2.05, 4.69) is 23.9 Å². The van der Waals surface area contributed by atoms with Crippen LogP contribution in [0.15, 0.2) is 18.2 Å². The predicted octanol–water partition coefficient (Wildman–Crippen LogP) is 1.98. The molecular formula is C13H17NO3. The normalized spacial score (nSPS) is 15.9. The Morgan fingerprint density at radius 1 is 1.53 bits per heavy atom. The summed E-state index contributed by atoms with van der Waals surface area (Å²) in [6.45, 7) is 4.25. The SMILES string of the molecule is COC(=O)CNc1cccc2c1OC(C)(C)C2. The third kappa shape index (κ3) is 2.52. The maximum Gasteiger partial charge on any atom is 0.325 e. The Balaban J connectivity index is 2.16. The molecule has 1 aliphatic rings. The molecule has 92 valence electrons. The van der Waals surface area contributed by atoms with Gasteiger partial charge in [-0.15, -0.1) is 0 Å². The maximum atomic E-state index is 11.1. The lowest BCUT2D eigenvalue weighted by atomic mass is 10.0. The smallest absolute Gasteiger partial charge is 0.325 e. The van der Waals surface area contributed by atoms with Crippen molar-refractivity contribution in [2.24, 2.45) is 0 Å². The summed E-state index contributed by atoms with van der Waals surface area (Å²) in [6, 6.07) is 5.92. The number of fused-ring (bicyclic) bond motifs is 1. The number of ether oxygens (including phenoxy) is 2. The van der Waals surface area contributed by atoms with Crippen molar-refractivity contribution < 1.29 is 14.3 Å². The van der Waals surface area contributed by atoms with Gasteiger partial charge in [-0.2, -0.15) is 0 Å². The highest BCUT2D eigenvalue weighted by molar-refractivity contribution is 5.76. The summed E-state index contributed by atoms with van der Waals surface area (Å²) in [5, 5.41) is 3.03. The van der Waals surface area contributed by atoms with Crippen LogP contribution in [0, 0.1) is 0 Å². The van der Waals surface area contributed by atoms with E-state index < -0.39 is 0 Å². The van der Waals surface area contributed by atoms with Crippen LogP contribution in [0.25, 0.3) is 0 Å². The summed E-state index contributed by atoms with van der Waals surface area (Å²) in [4.78, 5) is 11.1. The summed E-state index contributed by atoms with van der Waals surface area (Å²) >= 11 is 0. The van der Waals surface area contributed by atoms with Gasteiger partial charge in [-0.25, -0.2) is 0 Å². The minimum absolute atomic E-state index is 0.150. The fourth-order valence-corrected chi connectivity index (χ4v) is 1.99. The molecule has 0 saturated heterocycles. The van der Waals surface area contributed by atoms with E-state index in [9.17, 15) is 4.79 Å². The maximum absolute atomic E-state index is 11.1. The van der Waals surface area contributed by atoms with Crippen molar-refractivity contribution in [1.29, 1.82) is 0 Å². The zero-order chi connectivity index (χ0) is 12.5. The molecule has 0 atom stereocenters. The molecule has 1 N–H and O–H groups in total. The van der Waals surface area contributed by atoms with Gasteiger partial charge in [0.1, 0.15) is 17.9 Å². The number of esters is 1. The Morgan fingerprint density at radius 3 is 3.00 bits per heavy atom. The van der Waals surface area contributed by atoms with E-state index >= 15 is 0 Å². The van der Waals surface area contributed by atoms with E-state index in [1.165, 1.54) is 12.7 Å². The van der Waals surface area contributed by atoms with E-state index in [1.807, 2.05) is 18.2 Å². The number of rotatable bonds is 3. The molecule has 0 spiro atoms. The van der Waals surface area contributed by atoms with Crippen molar-refractivity contribution in [1.82, 2.24) is 0 Å². The van der Waals surface area contributed by atoms with Crippen molar-refractivity contribution >= 4 is 11.7 Å². The van der Waals surface area contributed by atoms with Crippen LogP contribution in [0.4, 0.5) is 5.69 Å². The molecule has 17 heavy (non-hydrogen) atoms. The number of carbonyl (C=O) groups excluding carboxylic acids is 1. The second-order valence-electron chi connectivity index (χ2n) is 4.76. The fraction of sp³-hybridized carbons (Fsp3) is 0.462. The largest absolute Gasteiger partial charge is 0.485 e. The summed E-state index contributed by atoms with van der Waals surface area (Å²) in [5.74, 6) is 0.557. The number of para-hydroxylation sites is 1. The highest BCUT2D eigenvalue weighted by atomic mass is 16.5. The topological polar surface area (TPSA) is 47.6 Å². The van der Waals surface area contributed by atoms with E-state index in [1.54, 1.807) is 0 Å². The Kier molecular flexibility index (Phi) is 2.96. The number of carbonyl (C=O) groups is 1. The first kappa shape index (κ1) is 11.8. The number of benzene rings is 1. The third-order valence-electron chi connectivity index (χ3n) is 2.74. The van der Waals surface area contributed by atoms with E-state index in [4.69, 9.17) is 4.74 Å². The lowest BCUT2D eigenvalue weighted by Crippen LogP contribution is -2.25. The number of nitrogens with one attached hydrogen (secondary N) is 1. The van der Waals surface area contributed by atoms with Crippen LogP contribution in [0.5, 0.6) is 5.75 Å². The molecule has 4 nitrogen and oxygen atoms in total. The predicted molar refractivity (Wildman–Crippen MR) is 65.4 cm³/mol. The van der Waals surface area contributed by atoms with Crippen molar-refractivity contribution in [2.75, 3.05) is 19.0 Å². The number of anilines is 1. The minimum Gasteiger partial charge on any atom is -0.485 e. The van der Waals surface area contributed by atoms with E-state index in [0.29, 0.717) is 0 Å². The third-order valence-corrected chi connectivity index (χ3v) is 2.74. The fourth-order valence-electron chi connectivity index (χ4n) is 1.99. The van der Waals surface area contributed by atoms with Crippen LogP contribution in [0.1, 0.15) is 19.4 Å². The van der Waals surface area contributed by atoms with Crippen molar-refractivity contribution in [3.8, 4) is 5.75 Å². The molecule has 0 amide bonds. The Labute approximate surface area is 101 Å². The Hall–Kier alpha value is -1.71. The Morgan fingerprint density at radius 2 is 2.29 bits per heavy atom. The molecule has 1 aromatic carbocycles. The minimum atomic E-state index is -0.292. The Bertz CT molecular complexity index is 440. The monoisotopic (exact) mass is 235 g/mol. The average molecular weight is 235 g/mol. The molecule has 0 saturated carbocycles. The van der Waals surface area contributed by atoms with Crippen LogP contribution < -0.4 is 10.1 Å². The van der Waals surface area contributed by atoms with Crippen LogP contribution in [-0.2, 0) is 16.0 Å². The van der Waals surface area contributed by atoms with Gasteiger partial charge in [-0.1, -0.05) is 12.1 Å². The molecule has 2 rings (SSSR count). The lowest BCUT2D eigenvalue weighted by Gasteiger charge is -2.18. The van der Waals surface area contributed by atoms with Crippen LogP contribution >= 0.6 is 0 Å². The quantitative estimate of drug-likeness (QED) is 0.814. The van der Waals surface area contributed by atoms with Crippen LogP contribution in [-0.4, -0.2) is 25.2 Å². The second kappa shape index (κ2) is 4.28. The van der Waals surface area contributed by atoms with E-state index in [-0.39, 0.29) is 18.1 Å². The molecular weight excluding hydrogens is 218 g/mol. The van der Waals surface area contributed by atoms with Gasteiger partial charge in [-0.05, 0) is 19.9 Å². The van der Waals surface area contributed by atoms with Gasteiger partial charge in [0.15, 0.2) is 0 Å². The lowest BCUT2D eigenvalue weighted by molar-refractivity contribution is -0.138. The van der Waals surface area contributed by atoms with Gasteiger partial charge in [0.05, 0.1) is 12.8 Å². The number of methoxy groups -OCH3 is 1. The summed E-state index contributed by atoms with van der Waals surface area (Å²) in [5.41, 5.74) is 1.84. The van der Waals surface area contributed by atoms with Gasteiger partial charge in [-0.3, -0.25) is 4.79 Å². The average Bonchev–Trinajstić information content (AvgIpc) is 2.60. The first-order valence-electron chi connectivity index (χ1n) is 5.63. The standard InChI is InChI=1S/C13H17NO3/c1-13(2)7-9-5-4-6-10(12(9)17-13)14-8-11(15)16-3/h4-6,14H,7-8H2,1-3H3. The second-order valence-corrected chi connectivity index (χ2v) is 4.76. The zero-order valence-electron chi connectivity index (χ0n) is 10.4.